The lowest BCUT2D eigenvalue weighted by molar-refractivity contribution is 0.0301. The van der Waals surface area contributed by atoms with Crippen molar-refractivity contribution >= 4 is 75.5 Å². The summed E-state index contributed by atoms with van der Waals surface area (Å²) in [4.78, 5) is 82.8. The van der Waals surface area contributed by atoms with E-state index < -0.39 is 17.7 Å². The number of carbonyl (C=O) groups excluding carboxylic acids is 5. The number of oxazole rings is 1. The SMILES string of the molecule is NC(=O)c1nnc(N2CCC[C@@H](N)C2)nc1Nc1ccc(C(=O)N2CCOCC2)cc1.NC(=O)c1nnc(N2CCC[C@@H](NC(=O)c3nc4ccccc4o3)C2)nc1Nc1ccc(C(=O)N2CCOCC2)cc1. The van der Waals surface area contributed by atoms with E-state index in [0.29, 0.717) is 112 Å². The Labute approximate surface area is 418 Å². The molecule has 0 radical (unpaired) electrons. The van der Waals surface area contributed by atoms with Gasteiger partial charge >= 0.3 is 5.91 Å². The minimum absolute atomic E-state index is 0.00111. The summed E-state index contributed by atoms with van der Waals surface area (Å²) in [6, 6.07) is 20.8. The maximum atomic E-state index is 12.8. The van der Waals surface area contributed by atoms with Crippen LogP contribution < -0.4 is 43.0 Å². The van der Waals surface area contributed by atoms with E-state index in [2.05, 4.69) is 51.3 Å². The standard InChI is InChI=1S/C28H29N9O5.C20H26N8O3/c29-23(38)22-24(30-18-9-7-17(8-10-18)27(40)36-12-14-41-15-13-36)33-28(35-34-22)37-11-3-4-19(16-37)31-25(39)26-32-20-5-1-2-6-21(20)42-26;21-14-2-1-7-28(12-14)20-24-18(16(17(22)29)25-26-20)23-15-5-3-13(4-6-15)19(30)27-8-10-31-11-9-27/h1-2,5-10,19H,3-4,11-16H2,(H2,29,38)(H,31,39)(H,30,33,35);3-6,14H,1-2,7-12,21H2,(H2,22,29)(H,23,24,26)/t19-;14-/m11/s1. The molecule has 7 heterocycles. The summed E-state index contributed by atoms with van der Waals surface area (Å²) in [7, 11) is 0. The maximum absolute atomic E-state index is 12.8. The minimum atomic E-state index is -0.787. The zero-order chi connectivity index (χ0) is 50.8. The van der Waals surface area contributed by atoms with Crippen LogP contribution in [-0.2, 0) is 9.47 Å². The van der Waals surface area contributed by atoms with Crippen LogP contribution in [0.5, 0.6) is 0 Å². The Morgan fingerprint density at radius 1 is 0.575 bits per heavy atom. The van der Waals surface area contributed by atoms with E-state index >= 15 is 0 Å². The molecule has 0 saturated carbocycles. The molecule has 380 valence electrons. The lowest BCUT2D eigenvalue weighted by Crippen LogP contribution is -2.48. The molecule has 25 nitrogen and oxygen atoms in total. The highest BCUT2D eigenvalue weighted by Crippen LogP contribution is 2.25. The first kappa shape index (κ1) is 49.6. The number of nitrogens with one attached hydrogen (secondary N) is 3. The van der Waals surface area contributed by atoms with Crippen molar-refractivity contribution in [3.05, 3.63) is 101 Å². The molecule has 0 bridgehead atoms. The van der Waals surface area contributed by atoms with E-state index in [9.17, 15) is 24.0 Å². The Kier molecular flexibility index (Phi) is 15.5. The van der Waals surface area contributed by atoms with Gasteiger partial charge in [0, 0.05) is 86.9 Å². The zero-order valence-corrected chi connectivity index (χ0v) is 39.8. The number of fused-ring (bicyclic) bond motifs is 1. The molecule has 6 aromatic rings. The summed E-state index contributed by atoms with van der Waals surface area (Å²) >= 11 is 0. The van der Waals surface area contributed by atoms with E-state index in [4.69, 9.17) is 31.1 Å². The monoisotopic (exact) mass is 997 g/mol. The van der Waals surface area contributed by atoms with Crippen molar-refractivity contribution in [2.75, 3.05) is 99.2 Å². The molecule has 10 rings (SSSR count). The Balaban J connectivity index is 0.000000188. The first-order chi connectivity index (χ1) is 35.4. The molecule has 4 aliphatic rings. The number of amides is 5. The number of piperidine rings is 2. The normalized spacial score (nSPS) is 18.0. The van der Waals surface area contributed by atoms with Crippen LogP contribution in [0.15, 0.2) is 77.2 Å². The van der Waals surface area contributed by atoms with Gasteiger partial charge < -0.3 is 66.6 Å². The average molecular weight is 998 g/mol. The van der Waals surface area contributed by atoms with Crippen molar-refractivity contribution in [1.29, 1.82) is 0 Å². The Morgan fingerprint density at radius 2 is 1.07 bits per heavy atom. The maximum Gasteiger partial charge on any atom is 0.307 e. The third-order valence-electron chi connectivity index (χ3n) is 12.5. The van der Waals surface area contributed by atoms with Gasteiger partial charge in [-0.3, -0.25) is 24.0 Å². The summed E-state index contributed by atoms with van der Waals surface area (Å²) in [5.74, 6) is -1.02. The van der Waals surface area contributed by atoms with Crippen LogP contribution in [0.2, 0.25) is 0 Å². The predicted molar refractivity (Wildman–Crippen MR) is 266 cm³/mol. The van der Waals surface area contributed by atoms with Crippen molar-refractivity contribution in [2.45, 2.75) is 37.8 Å². The second-order valence-corrected chi connectivity index (χ2v) is 17.7. The third kappa shape index (κ3) is 12.2. The Bertz CT molecular complexity index is 2910. The van der Waals surface area contributed by atoms with Gasteiger partial charge in [-0.2, -0.15) is 9.97 Å². The number of aromatic nitrogens is 7. The fraction of sp³-hybridized carbons (Fsp3) is 0.375. The molecule has 73 heavy (non-hydrogen) atoms. The number of carbonyl (C=O) groups is 5. The average Bonchev–Trinajstić information content (AvgIpc) is 3.87. The van der Waals surface area contributed by atoms with Crippen molar-refractivity contribution in [3.63, 3.8) is 0 Å². The van der Waals surface area contributed by atoms with Gasteiger partial charge in [0.15, 0.2) is 28.6 Å². The van der Waals surface area contributed by atoms with Crippen LogP contribution in [0, 0.1) is 0 Å². The van der Waals surface area contributed by atoms with E-state index in [1.54, 1.807) is 70.5 Å². The highest BCUT2D eigenvalue weighted by molar-refractivity contribution is 5.98. The predicted octanol–water partition coefficient (Wildman–Crippen LogP) is 1.84. The third-order valence-corrected chi connectivity index (χ3v) is 12.5. The highest BCUT2D eigenvalue weighted by atomic mass is 16.5. The highest BCUT2D eigenvalue weighted by Gasteiger charge is 2.28. The number of benzene rings is 3. The fourth-order valence-corrected chi connectivity index (χ4v) is 8.66. The molecule has 4 fully saturated rings. The van der Waals surface area contributed by atoms with Crippen LogP contribution in [0.25, 0.3) is 11.1 Å². The lowest BCUT2D eigenvalue weighted by atomic mass is 10.1. The zero-order valence-electron chi connectivity index (χ0n) is 39.8. The van der Waals surface area contributed by atoms with E-state index in [1.165, 1.54) is 0 Å². The van der Waals surface area contributed by atoms with Gasteiger partial charge in [-0.25, -0.2) is 4.98 Å². The summed E-state index contributed by atoms with van der Waals surface area (Å²) in [5.41, 5.74) is 20.4. The Morgan fingerprint density at radius 3 is 1.56 bits per heavy atom. The molecule has 25 heteroatoms. The van der Waals surface area contributed by atoms with Crippen LogP contribution in [0.4, 0.5) is 34.9 Å². The van der Waals surface area contributed by atoms with Gasteiger partial charge in [-0.15, -0.1) is 20.4 Å². The molecule has 2 atom stereocenters. The smallest absolute Gasteiger partial charge is 0.307 e. The molecule has 0 spiro atoms. The molecular formula is C48H55N17O8. The molecular weight excluding hydrogens is 943 g/mol. The van der Waals surface area contributed by atoms with Crippen LogP contribution in [0.3, 0.4) is 0 Å². The van der Waals surface area contributed by atoms with Gasteiger partial charge in [0.2, 0.25) is 11.9 Å². The van der Waals surface area contributed by atoms with E-state index in [1.807, 2.05) is 21.9 Å². The number of para-hydroxylation sites is 2. The van der Waals surface area contributed by atoms with Gasteiger partial charge in [-0.1, -0.05) is 12.1 Å². The van der Waals surface area contributed by atoms with E-state index in [-0.39, 0.29) is 58.8 Å². The van der Waals surface area contributed by atoms with Gasteiger partial charge in [0.05, 0.1) is 26.4 Å². The van der Waals surface area contributed by atoms with Gasteiger partial charge in [0.25, 0.3) is 29.5 Å². The van der Waals surface area contributed by atoms with Gasteiger partial charge in [0.1, 0.15) is 5.52 Å². The number of nitrogens with zero attached hydrogens (tertiary/aromatic N) is 11. The van der Waals surface area contributed by atoms with Crippen molar-refractivity contribution in [1.82, 2.24) is 50.5 Å². The van der Waals surface area contributed by atoms with Crippen LogP contribution in [0.1, 0.15) is 78.1 Å². The lowest BCUT2D eigenvalue weighted by Gasteiger charge is -2.32. The number of primary amides is 2. The van der Waals surface area contributed by atoms with E-state index in [0.717, 1.165) is 32.2 Å². The quantitative estimate of drug-likeness (QED) is 0.102. The second kappa shape index (κ2) is 22.8. The first-order valence-corrected chi connectivity index (χ1v) is 23.9. The van der Waals surface area contributed by atoms with Crippen LogP contribution >= 0.6 is 0 Å². The molecule has 3 aromatic carbocycles. The number of hydrogen-bond donors (Lipinski definition) is 6. The molecule has 0 unspecified atom stereocenters. The number of ether oxygens (including phenoxy) is 2. The topological polar surface area (TPSA) is 334 Å². The van der Waals surface area contributed by atoms with Crippen molar-refractivity contribution in [3.8, 4) is 0 Å². The molecule has 9 N–H and O–H groups in total. The van der Waals surface area contributed by atoms with Gasteiger partial charge in [-0.05, 0) is 86.3 Å². The molecule has 0 aliphatic carbocycles. The molecule has 3 aromatic heterocycles. The number of anilines is 6. The minimum Gasteiger partial charge on any atom is -0.432 e. The number of rotatable bonds is 12. The number of morpholine rings is 2. The number of hydrogen-bond acceptors (Lipinski definition) is 20. The molecule has 4 saturated heterocycles. The molecule has 4 aliphatic heterocycles. The number of nitrogens with two attached hydrogens (primary N) is 3. The summed E-state index contributed by atoms with van der Waals surface area (Å²) in [6.45, 7) is 6.83. The molecule has 5 amide bonds. The summed E-state index contributed by atoms with van der Waals surface area (Å²) < 4.78 is 16.2. The van der Waals surface area contributed by atoms with Crippen LogP contribution in [-0.4, -0.2) is 166 Å². The largest absolute Gasteiger partial charge is 0.432 e. The summed E-state index contributed by atoms with van der Waals surface area (Å²) in [6.07, 6.45) is 3.39. The fourth-order valence-electron chi connectivity index (χ4n) is 8.66. The van der Waals surface area contributed by atoms with Crippen molar-refractivity contribution < 1.29 is 37.9 Å². The second-order valence-electron chi connectivity index (χ2n) is 17.7. The Hall–Kier alpha value is -8.42. The van der Waals surface area contributed by atoms with Crippen molar-refractivity contribution in [2.24, 2.45) is 17.2 Å². The summed E-state index contributed by atoms with van der Waals surface area (Å²) in [5, 5.41) is 25.3. The first-order valence-electron chi connectivity index (χ1n) is 23.9.